The molecular formula is C22H25N3O4S. The molecule has 2 heterocycles. The highest BCUT2D eigenvalue weighted by atomic mass is 32.2. The lowest BCUT2D eigenvalue weighted by Crippen LogP contribution is -2.48. The molecule has 0 saturated carbocycles. The van der Waals surface area contributed by atoms with Gasteiger partial charge in [-0.2, -0.15) is 4.31 Å². The lowest BCUT2D eigenvalue weighted by Gasteiger charge is -2.33. The smallest absolute Gasteiger partial charge is 0.211 e. The summed E-state index contributed by atoms with van der Waals surface area (Å²) in [5.74, 6) is 0.580. The Balaban J connectivity index is 1.40. The van der Waals surface area contributed by atoms with Gasteiger partial charge in [0.25, 0.3) is 0 Å². The summed E-state index contributed by atoms with van der Waals surface area (Å²) in [7, 11) is -3.11. The van der Waals surface area contributed by atoms with Crippen LogP contribution in [0.25, 0.3) is 11.3 Å². The molecule has 0 atom stereocenters. The number of allylic oxidation sites excluding steroid dienone is 1. The van der Waals surface area contributed by atoms with Gasteiger partial charge in [-0.1, -0.05) is 30.3 Å². The standard InChI is InChI=1S/C22H25N3O4S/c1-30(27,28)25-13-11-24(12-14-25)10-5-15-29-22-19-8-3-2-7-18(19)21(26)20(22)17-6-4-9-23-16-17/h2-4,6-9,16H,5,10-15H2,1H3. The van der Waals surface area contributed by atoms with Crippen LogP contribution in [0.1, 0.15) is 27.9 Å². The number of hydrogen-bond acceptors (Lipinski definition) is 6. The van der Waals surface area contributed by atoms with Crippen LogP contribution in [0.5, 0.6) is 0 Å². The number of piperazine rings is 1. The van der Waals surface area contributed by atoms with Crippen molar-refractivity contribution in [2.75, 3.05) is 45.6 Å². The predicted molar refractivity (Wildman–Crippen MR) is 115 cm³/mol. The lowest BCUT2D eigenvalue weighted by atomic mass is 10.0. The summed E-state index contributed by atoms with van der Waals surface area (Å²) < 4.78 is 30.9. The van der Waals surface area contributed by atoms with E-state index in [2.05, 4.69) is 9.88 Å². The molecule has 158 valence electrons. The highest BCUT2D eigenvalue weighted by Crippen LogP contribution is 2.38. The number of fused-ring (bicyclic) bond motifs is 1. The zero-order chi connectivity index (χ0) is 21.1. The Morgan fingerprint density at radius 3 is 2.43 bits per heavy atom. The fourth-order valence-corrected chi connectivity index (χ4v) is 4.75. The number of ether oxygens (including phenoxy) is 1. The maximum Gasteiger partial charge on any atom is 0.211 e. The number of aromatic nitrogens is 1. The van der Waals surface area contributed by atoms with Crippen molar-refractivity contribution in [1.82, 2.24) is 14.2 Å². The van der Waals surface area contributed by atoms with Crippen LogP contribution < -0.4 is 0 Å². The Labute approximate surface area is 177 Å². The number of rotatable bonds is 7. The molecule has 7 nitrogen and oxygen atoms in total. The first-order valence-electron chi connectivity index (χ1n) is 10.0. The van der Waals surface area contributed by atoms with Crippen molar-refractivity contribution in [3.05, 3.63) is 65.5 Å². The number of carbonyl (C=O) groups excluding carboxylic acids is 1. The predicted octanol–water partition coefficient (Wildman–Crippen LogP) is 2.13. The van der Waals surface area contributed by atoms with Crippen LogP contribution in [0.3, 0.4) is 0 Å². The van der Waals surface area contributed by atoms with E-state index >= 15 is 0 Å². The third-order valence-corrected chi connectivity index (χ3v) is 6.79. The molecule has 0 radical (unpaired) electrons. The summed E-state index contributed by atoms with van der Waals surface area (Å²) in [5.41, 5.74) is 2.79. The second-order valence-corrected chi connectivity index (χ2v) is 9.51. The van der Waals surface area contributed by atoms with Gasteiger partial charge in [-0.25, -0.2) is 8.42 Å². The van der Waals surface area contributed by atoms with Crippen LogP contribution in [0.4, 0.5) is 0 Å². The fourth-order valence-electron chi connectivity index (χ4n) is 3.92. The fraction of sp³-hybridized carbons (Fsp3) is 0.364. The van der Waals surface area contributed by atoms with Gasteiger partial charge in [0.15, 0.2) is 5.78 Å². The summed E-state index contributed by atoms with van der Waals surface area (Å²) in [5, 5.41) is 0. The Hall–Kier alpha value is -2.55. The van der Waals surface area contributed by atoms with Crippen LogP contribution in [-0.2, 0) is 14.8 Å². The van der Waals surface area contributed by atoms with Gasteiger partial charge < -0.3 is 9.64 Å². The van der Waals surface area contributed by atoms with E-state index in [4.69, 9.17) is 4.74 Å². The van der Waals surface area contributed by atoms with Gasteiger partial charge in [-0.15, -0.1) is 0 Å². The largest absolute Gasteiger partial charge is 0.492 e. The minimum absolute atomic E-state index is 0.0366. The molecule has 2 aromatic rings. The minimum atomic E-state index is -3.11. The average molecular weight is 428 g/mol. The summed E-state index contributed by atoms with van der Waals surface area (Å²) in [6.07, 6.45) is 5.41. The topological polar surface area (TPSA) is 79.8 Å². The molecule has 1 aliphatic heterocycles. The molecule has 30 heavy (non-hydrogen) atoms. The van der Waals surface area contributed by atoms with Gasteiger partial charge in [-0.05, 0) is 12.5 Å². The normalized spacial score (nSPS) is 18.0. The SMILES string of the molecule is CS(=O)(=O)N1CCN(CCCOC2=C(c3cccnc3)C(=O)c3ccccc32)CC1. The minimum Gasteiger partial charge on any atom is -0.492 e. The molecule has 1 aromatic heterocycles. The zero-order valence-electron chi connectivity index (χ0n) is 17.0. The van der Waals surface area contributed by atoms with Gasteiger partial charge >= 0.3 is 0 Å². The van der Waals surface area contributed by atoms with Crippen LogP contribution >= 0.6 is 0 Å². The van der Waals surface area contributed by atoms with Crippen molar-refractivity contribution < 1.29 is 17.9 Å². The number of pyridine rings is 1. The number of sulfonamides is 1. The van der Waals surface area contributed by atoms with Crippen molar-refractivity contribution in [2.45, 2.75) is 6.42 Å². The quantitative estimate of drug-likeness (QED) is 0.630. The molecule has 1 saturated heterocycles. The van der Waals surface area contributed by atoms with Crippen LogP contribution in [0.15, 0.2) is 48.8 Å². The molecule has 0 bridgehead atoms. The van der Waals surface area contributed by atoms with E-state index in [-0.39, 0.29) is 5.78 Å². The van der Waals surface area contributed by atoms with E-state index in [0.29, 0.717) is 36.6 Å². The van der Waals surface area contributed by atoms with Gasteiger partial charge in [0.2, 0.25) is 10.0 Å². The molecular weight excluding hydrogens is 402 g/mol. The van der Waals surface area contributed by atoms with E-state index in [0.717, 1.165) is 37.2 Å². The first-order chi connectivity index (χ1) is 14.4. The Kier molecular flexibility index (Phi) is 5.99. The van der Waals surface area contributed by atoms with Crippen LogP contribution in [0, 0.1) is 0 Å². The highest BCUT2D eigenvalue weighted by Gasteiger charge is 2.32. The summed E-state index contributed by atoms with van der Waals surface area (Å²) in [4.78, 5) is 19.4. The summed E-state index contributed by atoms with van der Waals surface area (Å²) >= 11 is 0. The van der Waals surface area contributed by atoms with E-state index in [1.54, 1.807) is 12.4 Å². The molecule has 0 spiro atoms. The Bertz CT molecular complexity index is 1060. The molecule has 1 aliphatic carbocycles. The zero-order valence-corrected chi connectivity index (χ0v) is 17.8. The molecule has 2 aliphatic rings. The van der Waals surface area contributed by atoms with Crippen LogP contribution in [0.2, 0.25) is 0 Å². The van der Waals surface area contributed by atoms with Crippen molar-refractivity contribution in [2.24, 2.45) is 0 Å². The van der Waals surface area contributed by atoms with E-state index < -0.39 is 10.0 Å². The molecule has 0 unspecified atom stereocenters. The molecule has 8 heteroatoms. The first kappa shape index (κ1) is 20.7. The second kappa shape index (κ2) is 8.67. The molecule has 0 N–H and O–H groups in total. The maximum atomic E-state index is 13.0. The van der Waals surface area contributed by atoms with Crippen molar-refractivity contribution in [3.8, 4) is 0 Å². The van der Waals surface area contributed by atoms with Gasteiger partial charge in [-0.3, -0.25) is 9.78 Å². The molecule has 0 amide bonds. The summed E-state index contributed by atoms with van der Waals surface area (Å²) in [6, 6.07) is 11.2. The van der Waals surface area contributed by atoms with Crippen molar-refractivity contribution in [3.63, 3.8) is 0 Å². The molecule has 4 rings (SSSR count). The Morgan fingerprint density at radius 1 is 1.03 bits per heavy atom. The van der Waals surface area contributed by atoms with Crippen LogP contribution in [-0.4, -0.2) is 74.0 Å². The third-order valence-electron chi connectivity index (χ3n) is 5.49. The second-order valence-electron chi connectivity index (χ2n) is 7.53. The monoisotopic (exact) mass is 427 g/mol. The maximum absolute atomic E-state index is 13.0. The average Bonchev–Trinajstić information content (AvgIpc) is 3.03. The van der Waals surface area contributed by atoms with E-state index in [1.165, 1.54) is 10.6 Å². The van der Waals surface area contributed by atoms with E-state index in [1.807, 2.05) is 36.4 Å². The first-order valence-corrected chi connectivity index (χ1v) is 11.9. The molecule has 1 aromatic carbocycles. The van der Waals surface area contributed by atoms with E-state index in [9.17, 15) is 13.2 Å². The number of carbonyl (C=O) groups is 1. The van der Waals surface area contributed by atoms with Gasteiger partial charge in [0.1, 0.15) is 5.76 Å². The molecule has 1 fully saturated rings. The Morgan fingerprint density at radius 2 is 1.77 bits per heavy atom. The van der Waals surface area contributed by atoms with Crippen molar-refractivity contribution in [1.29, 1.82) is 0 Å². The number of Topliss-reactive ketones (excluding diaryl/α,β-unsaturated/α-hetero) is 1. The number of hydrogen-bond donors (Lipinski definition) is 0. The van der Waals surface area contributed by atoms with Gasteiger partial charge in [0.05, 0.1) is 18.4 Å². The summed E-state index contributed by atoms with van der Waals surface area (Å²) in [6.45, 7) is 3.79. The van der Waals surface area contributed by atoms with Crippen molar-refractivity contribution >= 4 is 27.1 Å². The highest BCUT2D eigenvalue weighted by molar-refractivity contribution is 7.88. The number of nitrogens with zero attached hydrogens (tertiary/aromatic N) is 3. The van der Waals surface area contributed by atoms with Gasteiger partial charge in [0, 0.05) is 61.8 Å². The number of benzene rings is 1. The third kappa shape index (κ3) is 4.30. The number of ketones is 1. The lowest BCUT2D eigenvalue weighted by molar-refractivity contribution is 0.105.